The molecule has 2 N–H and O–H groups in total. The first kappa shape index (κ1) is 13.4. The number of methoxy groups -OCH3 is 1. The highest BCUT2D eigenvalue weighted by molar-refractivity contribution is 5.83. The Kier molecular flexibility index (Phi) is 6.37. The van der Waals surface area contributed by atoms with E-state index >= 15 is 0 Å². The van der Waals surface area contributed by atoms with Gasteiger partial charge >= 0.3 is 0 Å². The Bertz CT molecular complexity index is 211. The van der Waals surface area contributed by atoms with Crippen LogP contribution in [0, 0.1) is 0 Å². The van der Waals surface area contributed by atoms with Gasteiger partial charge in [0.2, 0.25) is 5.91 Å². The van der Waals surface area contributed by atoms with E-state index in [4.69, 9.17) is 15.2 Å². The van der Waals surface area contributed by atoms with Gasteiger partial charge in [-0.1, -0.05) is 0 Å². The number of carbonyl (C=O) groups excluding carboxylic acids is 1. The van der Waals surface area contributed by atoms with Crippen LogP contribution in [0.3, 0.4) is 0 Å². The molecule has 16 heavy (non-hydrogen) atoms. The summed E-state index contributed by atoms with van der Waals surface area (Å²) in [6.07, 6.45) is 2.75. The monoisotopic (exact) mass is 230 g/mol. The van der Waals surface area contributed by atoms with Crippen LogP contribution < -0.4 is 5.73 Å². The molecule has 1 unspecified atom stereocenters. The van der Waals surface area contributed by atoms with E-state index in [0.717, 1.165) is 39.0 Å². The average Bonchev–Trinajstić information content (AvgIpc) is 2.59. The number of nitrogens with zero attached hydrogens (tertiary/aromatic N) is 1. The topological polar surface area (TPSA) is 64.8 Å². The average molecular weight is 230 g/mol. The minimum atomic E-state index is -0.266. The Morgan fingerprint density at radius 2 is 2.19 bits per heavy atom. The zero-order chi connectivity index (χ0) is 11.8. The molecule has 5 heteroatoms. The zero-order valence-electron chi connectivity index (χ0n) is 9.98. The fraction of sp³-hybridized carbons (Fsp3) is 0.909. The van der Waals surface area contributed by atoms with Gasteiger partial charge in [0.1, 0.15) is 0 Å². The molecule has 1 fully saturated rings. The van der Waals surface area contributed by atoms with Gasteiger partial charge in [-0.05, 0) is 19.3 Å². The highest BCUT2D eigenvalue weighted by atomic mass is 16.5. The molecule has 1 saturated heterocycles. The predicted octanol–water partition coefficient (Wildman–Crippen LogP) is -0.0108. The SMILES string of the molecule is COCCOCCCCN1CCC(N)C1=O. The number of carbonyl (C=O) groups is 1. The third kappa shape index (κ3) is 4.47. The normalized spacial score (nSPS) is 20.8. The minimum absolute atomic E-state index is 0.0975. The largest absolute Gasteiger partial charge is 0.382 e. The summed E-state index contributed by atoms with van der Waals surface area (Å²) in [6.45, 7) is 3.63. The summed E-state index contributed by atoms with van der Waals surface area (Å²) in [7, 11) is 1.66. The predicted molar refractivity (Wildman–Crippen MR) is 61.1 cm³/mol. The standard InChI is InChI=1S/C11H22N2O3/c1-15-8-9-16-7-3-2-5-13-6-4-10(12)11(13)14/h10H,2-9,12H2,1H3. The van der Waals surface area contributed by atoms with Crippen molar-refractivity contribution in [1.29, 1.82) is 0 Å². The third-order valence-electron chi connectivity index (χ3n) is 2.74. The van der Waals surface area contributed by atoms with Gasteiger partial charge in [0.15, 0.2) is 0 Å². The van der Waals surface area contributed by atoms with E-state index in [1.807, 2.05) is 4.90 Å². The van der Waals surface area contributed by atoms with Gasteiger partial charge < -0.3 is 20.1 Å². The van der Waals surface area contributed by atoms with E-state index in [1.54, 1.807) is 7.11 Å². The fourth-order valence-corrected chi connectivity index (χ4v) is 1.74. The first-order chi connectivity index (χ1) is 7.75. The first-order valence-corrected chi connectivity index (χ1v) is 5.86. The molecule has 1 atom stereocenters. The number of ether oxygens (including phenoxy) is 2. The van der Waals surface area contributed by atoms with Gasteiger partial charge in [-0.3, -0.25) is 4.79 Å². The van der Waals surface area contributed by atoms with E-state index in [2.05, 4.69) is 0 Å². The van der Waals surface area contributed by atoms with Gasteiger partial charge in [0.25, 0.3) is 0 Å². The number of hydrogen-bond donors (Lipinski definition) is 1. The Balaban J connectivity index is 1.93. The maximum absolute atomic E-state index is 11.5. The maximum atomic E-state index is 11.5. The van der Waals surface area contributed by atoms with E-state index in [1.165, 1.54) is 0 Å². The van der Waals surface area contributed by atoms with Crippen molar-refractivity contribution in [2.24, 2.45) is 5.73 Å². The van der Waals surface area contributed by atoms with Gasteiger partial charge in [-0.15, -0.1) is 0 Å². The van der Waals surface area contributed by atoms with Crippen LogP contribution in [0.5, 0.6) is 0 Å². The molecule has 1 heterocycles. The second kappa shape index (κ2) is 7.60. The molecule has 0 aliphatic carbocycles. The van der Waals surface area contributed by atoms with Crippen LogP contribution in [0.1, 0.15) is 19.3 Å². The molecule has 94 valence electrons. The zero-order valence-corrected chi connectivity index (χ0v) is 9.98. The number of hydrogen-bond acceptors (Lipinski definition) is 4. The highest BCUT2D eigenvalue weighted by Gasteiger charge is 2.27. The van der Waals surface area contributed by atoms with E-state index in [9.17, 15) is 4.79 Å². The Labute approximate surface area is 96.9 Å². The summed E-state index contributed by atoms with van der Waals surface area (Å²) < 4.78 is 10.2. The Morgan fingerprint density at radius 1 is 1.38 bits per heavy atom. The lowest BCUT2D eigenvalue weighted by Crippen LogP contribution is -2.34. The molecule has 0 saturated carbocycles. The quantitative estimate of drug-likeness (QED) is 0.596. The summed E-state index contributed by atoms with van der Waals surface area (Å²) in [6, 6.07) is -0.266. The lowest BCUT2D eigenvalue weighted by atomic mass is 10.3. The van der Waals surface area contributed by atoms with Gasteiger partial charge in [-0.25, -0.2) is 0 Å². The fourth-order valence-electron chi connectivity index (χ4n) is 1.74. The van der Waals surface area contributed by atoms with Gasteiger partial charge in [0.05, 0.1) is 19.3 Å². The van der Waals surface area contributed by atoms with Crippen LogP contribution in [-0.2, 0) is 14.3 Å². The number of rotatable bonds is 8. The van der Waals surface area contributed by atoms with Crippen molar-refractivity contribution in [2.45, 2.75) is 25.3 Å². The first-order valence-electron chi connectivity index (χ1n) is 5.86. The molecular formula is C11H22N2O3. The molecule has 1 aliphatic rings. The molecule has 5 nitrogen and oxygen atoms in total. The van der Waals surface area contributed by atoms with Crippen LogP contribution >= 0.6 is 0 Å². The summed E-state index contributed by atoms with van der Waals surface area (Å²) in [5.41, 5.74) is 5.62. The molecule has 0 spiro atoms. The Hall–Kier alpha value is -0.650. The molecule has 0 aromatic carbocycles. The number of unbranched alkanes of at least 4 members (excludes halogenated alkanes) is 1. The van der Waals surface area contributed by atoms with Crippen molar-refractivity contribution in [2.75, 3.05) is 40.0 Å². The van der Waals surface area contributed by atoms with Gasteiger partial charge in [-0.2, -0.15) is 0 Å². The molecule has 1 amide bonds. The van der Waals surface area contributed by atoms with Crippen LogP contribution in [0.4, 0.5) is 0 Å². The molecule has 1 rings (SSSR count). The van der Waals surface area contributed by atoms with E-state index in [-0.39, 0.29) is 11.9 Å². The number of nitrogens with two attached hydrogens (primary N) is 1. The van der Waals surface area contributed by atoms with Crippen LogP contribution in [0.15, 0.2) is 0 Å². The maximum Gasteiger partial charge on any atom is 0.239 e. The van der Waals surface area contributed by atoms with Crippen molar-refractivity contribution in [1.82, 2.24) is 4.90 Å². The van der Waals surface area contributed by atoms with E-state index < -0.39 is 0 Å². The summed E-state index contributed by atoms with van der Waals surface area (Å²) in [5.74, 6) is 0.0975. The molecule has 0 aromatic rings. The molecular weight excluding hydrogens is 208 g/mol. The van der Waals surface area contributed by atoms with Crippen LogP contribution in [-0.4, -0.2) is 56.9 Å². The lowest BCUT2D eigenvalue weighted by molar-refractivity contribution is -0.128. The molecule has 0 aromatic heterocycles. The highest BCUT2D eigenvalue weighted by Crippen LogP contribution is 2.09. The van der Waals surface area contributed by atoms with E-state index in [0.29, 0.717) is 13.2 Å². The van der Waals surface area contributed by atoms with Crippen molar-refractivity contribution >= 4 is 5.91 Å². The van der Waals surface area contributed by atoms with Gasteiger partial charge in [0, 0.05) is 26.8 Å². The molecule has 0 radical (unpaired) electrons. The Morgan fingerprint density at radius 3 is 2.81 bits per heavy atom. The van der Waals surface area contributed by atoms with Crippen molar-refractivity contribution in [3.63, 3.8) is 0 Å². The number of amides is 1. The summed E-state index contributed by atoms with van der Waals surface area (Å²) >= 11 is 0. The summed E-state index contributed by atoms with van der Waals surface area (Å²) in [4.78, 5) is 13.3. The minimum Gasteiger partial charge on any atom is -0.382 e. The lowest BCUT2D eigenvalue weighted by Gasteiger charge is -2.15. The van der Waals surface area contributed by atoms with Crippen LogP contribution in [0.25, 0.3) is 0 Å². The summed E-state index contributed by atoms with van der Waals surface area (Å²) in [5, 5.41) is 0. The smallest absolute Gasteiger partial charge is 0.239 e. The second-order valence-corrected chi connectivity index (χ2v) is 4.03. The number of likely N-dealkylation sites (tertiary alicyclic amines) is 1. The van der Waals surface area contributed by atoms with Crippen LogP contribution in [0.2, 0.25) is 0 Å². The molecule has 0 bridgehead atoms. The van der Waals surface area contributed by atoms with Crippen molar-refractivity contribution < 1.29 is 14.3 Å². The molecule has 1 aliphatic heterocycles. The van der Waals surface area contributed by atoms with Crippen molar-refractivity contribution in [3.05, 3.63) is 0 Å². The van der Waals surface area contributed by atoms with Crippen molar-refractivity contribution in [3.8, 4) is 0 Å². The third-order valence-corrected chi connectivity index (χ3v) is 2.74. The second-order valence-electron chi connectivity index (χ2n) is 4.03.